The predicted molar refractivity (Wildman–Crippen MR) is 71.7 cm³/mol. The van der Waals surface area contributed by atoms with Crippen LogP contribution in [0.25, 0.3) is 0 Å². The average molecular weight is 320 g/mol. The summed E-state index contributed by atoms with van der Waals surface area (Å²) in [5.41, 5.74) is 0. The van der Waals surface area contributed by atoms with Crippen molar-refractivity contribution in [3.8, 4) is 0 Å². The van der Waals surface area contributed by atoms with Crippen LogP contribution >= 0.6 is 0 Å². The van der Waals surface area contributed by atoms with E-state index in [4.69, 9.17) is 9.26 Å². The van der Waals surface area contributed by atoms with Crippen LogP contribution < -0.4 is 15.1 Å². The Balaban J connectivity index is 1.92. The van der Waals surface area contributed by atoms with Crippen LogP contribution in [0.4, 0.5) is 10.7 Å². The number of ether oxygens (including phenoxy) is 1. The fraction of sp³-hybridized carbons (Fsp3) is 0.700. The fourth-order valence-electron chi connectivity index (χ4n) is 1.91. The number of amides is 1. The van der Waals surface area contributed by atoms with Crippen molar-refractivity contribution in [2.75, 3.05) is 49.4 Å². The van der Waals surface area contributed by atoms with Crippen LogP contribution in [0.15, 0.2) is 10.7 Å². The highest BCUT2D eigenvalue weighted by atomic mass is 32.2. The number of hydrogen-bond donors (Lipinski definition) is 1. The number of piperazine rings is 1. The van der Waals surface area contributed by atoms with Gasteiger partial charge in [0, 0.05) is 13.1 Å². The molecule has 1 amide bonds. The quantitative estimate of drug-likeness (QED) is 0.690. The monoisotopic (exact) mass is 320 g/mol. The molecule has 1 aliphatic rings. The molecule has 2 heterocycles. The molecule has 1 fully saturated rings. The maximum atomic E-state index is 11.4. The van der Waals surface area contributed by atoms with Gasteiger partial charge in [0.05, 0.1) is 30.7 Å². The molecule has 1 N–H and O–H groups in total. The summed E-state index contributed by atoms with van der Waals surface area (Å²) < 4.78 is 33.9. The lowest BCUT2D eigenvalue weighted by Gasteiger charge is -2.27. The number of nitrogens with one attached hydrogen (secondary N) is 1. The average Bonchev–Trinajstić information content (AvgIpc) is 2.86. The van der Waals surface area contributed by atoms with Gasteiger partial charge in [-0.3, -0.25) is 9.84 Å². The summed E-state index contributed by atoms with van der Waals surface area (Å²) in [4.78, 5) is 12.7. The number of aromatic nitrogens is 2. The lowest BCUT2D eigenvalue weighted by Crippen LogP contribution is -2.65. The Morgan fingerprint density at radius 2 is 2.14 bits per heavy atom. The van der Waals surface area contributed by atoms with Crippen molar-refractivity contribution in [3.63, 3.8) is 0 Å². The van der Waals surface area contributed by atoms with Crippen molar-refractivity contribution < 1.29 is 27.3 Å². The van der Waals surface area contributed by atoms with Gasteiger partial charge in [0.2, 0.25) is 15.3 Å². The molecule has 1 aromatic heterocycles. The second-order valence-corrected chi connectivity index (χ2v) is 6.43. The zero-order valence-electron chi connectivity index (χ0n) is 11.9. The molecule has 11 heteroatoms. The van der Waals surface area contributed by atoms with Crippen LogP contribution in [0.2, 0.25) is 0 Å². The third-order valence-electron chi connectivity index (χ3n) is 2.93. The van der Waals surface area contributed by atoms with Gasteiger partial charge < -0.3 is 4.74 Å². The van der Waals surface area contributed by atoms with Gasteiger partial charge in [-0.1, -0.05) is 0 Å². The molecule has 0 unspecified atom stereocenters. The maximum absolute atomic E-state index is 11.4. The van der Waals surface area contributed by atoms with E-state index in [0.717, 1.165) is 0 Å². The molecule has 21 heavy (non-hydrogen) atoms. The fourth-order valence-corrected chi connectivity index (χ4v) is 2.73. The smallest absolute Gasteiger partial charge is 0.414 e. The summed E-state index contributed by atoms with van der Waals surface area (Å²) in [6.45, 7) is 3.65. The standard InChI is InChI=1S/C10H17N5O5S/c1-3-19-10(16)11-9-8-15(12-20-9)13-4-6-14(7-5-13)21(2,17)18/h8H,3-7H2,1-2H3/p+1. The molecule has 0 atom stereocenters. The highest BCUT2D eigenvalue weighted by molar-refractivity contribution is 7.88. The van der Waals surface area contributed by atoms with E-state index in [1.54, 1.807) is 6.92 Å². The number of rotatable bonds is 4. The van der Waals surface area contributed by atoms with Crippen LogP contribution in [0.5, 0.6) is 0 Å². The van der Waals surface area contributed by atoms with Gasteiger partial charge in [-0.05, 0) is 6.92 Å². The first-order chi connectivity index (χ1) is 9.90. The van der Waals surface area contributed by atoms with Crippen molar-refractivity contribution in [1.29, 1.82) is 0 Å². The first-order valence-electron chi connectivity index (χ1n) is 6.43. The molecule has 1 aromatic rings. The second kappa shape index (κ2) is 6.26. The van der Waals surface area contributed by atoms with E-state index in [1.165, 1.54) is 21.5 Å². The van der Waals surface area contributed by atoms with Crippen LogP contribution in [0.3, 0.4) is 0 Å². The molecule has 0 aliphatic carbocycles. The minimum atomic E-state index is -3.17. The molecule has 2 rings (SSSR count). The predicted octanol–water partition coefficient (Wildman–Crippen LogP) is -1.26. The third-order valence-corrected chi connectivity index (χ3v) is 4.23. The number of sulfonamides is 1. The summed E-state index contributed by atoms with van der Waals surface area (Å²) in [7, 11) is -3.17. The maximum Gasteiger partial charge on any atom is 0.414 e. The van der Waals surface area contributed by atoms with Gasteiger partial charge in [-0.25, -0.2) is 13.2 Å². The van der Waals surface area contributed by atoms with E-state index in [1.807, 2.05) is 5.01 Å². The van der Waals surface area contributed by atoms with Crippen molar-refractivity contribution in [2.45, 2.75) is 6.92 Å². The molecule has 1 saturated heterocycles. The Morgan fingerprint density at radius 1 is 1.48 bits per heavy atom. The summed E-state index contributed by atoms with van der Waals surface area (Å²) >= 11 is 0. The third kappa shape index (κ3) is 4.04. The number of hydrogen-bond acceptors (Lipinski definition) is 7. The van der Waals surface area contributed by atoms with Gasteiger partial charge in [0.25, 0.3) is 6.20 Å². The molecule has 0 saturated carbocycles. The minimum Gasteiger partial charge on any atom is -0.450 e. The minimum absolute atomic E-state index is 0.152. The molecule has 0 aromatic carbocycles. The number of anilines is 1. The van der Waals surface area contributed by atoms with Crippen molar-refractivity contribution in [2.24, 2.45) is 0 Å². The van der Waals surface area contributed by atoms with Gasteiger partial charge in [0.1, 0.15) is 0 Å². The SMILES string of the molecule is CCOC(=O)Nc1c[n+](N2CCN(S(C)(=O)=O)CC2)no1. The Bertz CT molecular complexity index is 593. The zero-order chi connectivity index (χ0) is 15.5. The lowest BCUT2D eigenvalue weighted by molar-refractivity contribution is -0.759. The van der Waals surface area contributed by atoms with Crippen LogP contribution in [-0.4, -0.2) is 63.1 Å². The normalized spacial score (nSPS) is 16.8. The van der Waals surface area contributed by atoms with Crippen LogP contribution in [0.1, 0.15) is 6.92 Å². The number of carbonyl (C=O) groups is 1. The molecule has 10 nitrogen and oxygen atoms in total. The van der Waals surface area contributed by atoms with Crippen molar-refractivity contribution >= 4 is 22.0 Å². The Morgan fingerprint density at radius 3 is 2.71 bits per heavy atom. The van der Waals surface area contributed by atoms with Gasteiger partial charge in [-0.2, -0.15) is 9.31 Å². The van der Waals surface area contributed by atoms with Gasteiger partial charge in [-0.15, -0.1) is 0 Å². The van der Waals surface area contributed by atoms with Crippen molar-refractivity contribution in [1.82, 2.24) is 9.58 Å². The van der Waals surface area contributed by atoms with Crippen LogP contribution in [0, 0.1) is 0 Å². The summed E-state index contributed by atoms with van der Waals surface area (Å²) in [5, 5.41) is 7.97. The topological polar surface area (TPSA) is 109 Å². The number of carbonyl (C=O) groups excluding carboxylic acids is 1. The van der Waals surface area contributed by atoms with E-state index in [0.29, 0.717) is 26.2 Å². The first-order valence-corrected chi connectivity index (χ1v) is 8.27. The molecule has 0 spiro atoms. The van der Waals surface area contributed by atoms with E-state index in [-0.39, 0.29) is 12.5 Å². The van der Waals surface area contributed by atoms with E-state index >= 15 is 0 Å². The largest absolute Gasteiger partial charge is 0.450 e. The molecule has 118 valence electrons. The number of nitrogens with zero attached hydrogens (tertiary/aromatic N) is 4. The summed E-state index contributed by atoms with van der Waals surface area (Å²) in [6, 6.07) is 0. The van der Waals surface area contributed by atoms with Crippen molar-refractivity contribution in [3.05, 3.63) is 6.20 Å². The molecular weight excluding hydrogens is 302 g/mol. The Hall–Kier alpha value is -1.88. The second-order valence-electron chi connectivity index (χ2n) is 4.45. The highest BCUT2D eigenvalue weighted by Crippen LogP contribution is 2.05. The molecule has 0 bridgehead atoms. The highest BCUT2D eigenvalue weighted by Gasteiger charge is 2.29. The Labute approximate surface area is 122 Å². The molecular formula is C10H18N5O5S+. The van der Waals surface area contributed by atoms with Crippen LogP contribution in [-0.2, 0) is 14.8 Å². The van der Waals surface area contributed by atoms with E-state index < -0.39 is 16.1 Å². The summed E-state index contributed by atoms with van der Waals surface area (Å²) in [6.07, 6.45) is 2.06. The van der Waals surface area contributed by atoms with E-state index in [2.05, 4.69) is 10.6 Å². The molecule has 1 aliphatic heterocycles. The zero-order valence-corrected chi connectivity index (χ0v) is 12.7. The Kier molecular flexibility index (Phi) is 4.63. The van der Waals surface area contributed by atoms with Gasteiger partial charge in [0.15, 0.2) is 0 Å². The first kappa shape index (κ1) is 15.5. The molecule has 0 radical (unpaired) electrons. The van der Waals surface area contributed by atoms with E-state index in [9.17, 15) is 13.2 Å². The lowest BCUT2D eigenvalue weighted by atomic mass is 10.4. The van der Waals surface area contributed by atoms with Gasteiger partial charge >= 0.3 is 12.0 Å². The summed E-state index contributed by atoms with van der Waals surface area (Å²) in [5.74, 6) is 0.152.